The van der Waals surface area contributed by atoms with Gasteiger partial charge in [-0.3, -0.25) is 4.79 Å². The molecule has 1 aromatic carbocycles. The molecule has 2 aromatic rings. The van der Waals surface area contributed by atoms with Gasteiger partial charge in [-0.15, -0.1) is 11.3 Å². The number of aryl methyl sites for hydroxylation is 1. The molecule has 0 saturated carbocycles. The van der Waals surface area contributed by atoms with E-state index in [0.717, 1.165) is 16.3 Å². The summed E-state index contributed by atoms with van der Waals surface area (Å²) in [6, 6.07) is 9.81. The molecule has 0 bridgehead atoms. The maximum Gasteiger partial charge on any atom is 0.263 e. The van der Waals surface area contributed by atoms with Gasteiger partial charge in [-0.05, 0) is 12.5 Å². The number of nitrogens with zero attached hydrogens (tertiary/aromatic N) is 1. The first-order valence-electron chi connectivity index (χ1n) is 5.69. The van der Waals surface area contributed by atoms with Crippen LogP contribution in [0.4, 0.5) is 0 Å². The lowest BCUT2D eigenvalue weighted by Crippen LogP contribution is -2.22. The molecule has 3 N–H and O–H groups in total. The number of hydrogen-bond acceptors (Lipinski definition) is 4. The van der Waals surface area contributed by atoms with E-state index in [1.807, 2.05) is 37.3 Å². The van der Waals surface area contributed by atoms with E-state index >= 15 is 0 Å². The quantitative estimate of drug-likeness (QED) is 0.882. The Hall–Kier alpha value is -1.72. The zero-order valence-electron chi connectivity index (χ0n) is 10.1. The van der Waals surface area contributed by atoms with Crippen molar-refractivity contribution in [2.75, 3.05) is 0 Å². The lowest BCUT2D eigenvalue weighted by molar-refractivity contribution is 0.0954. The van der Waals surface area contributed by atoms with E-state index in [2.05, 4.69) is 10.3 Å². The first kappa shape index (κ1) is 12.7. The number of carbonyl (C=O) groups excluding carboxylic acids is 1. The fourth-order valence-corrected chi connectivity index (χ4v) is 2.47. The van der Waals surface area contributed by atoms with Crippen LogP contribution < -0.4 is 11.1 Å². The third kappa shape index (κ3) is 2.94. The summed E-state index contributed by atoms with van der Waals surface area (Å²) in [6.45, 7) is 2.72. The van der Waals surface area contributed by atoms with Gasteiger partial charge in [0.25, 0.3) is 5.91 Å². The maximum atomic E-state index is 12.0. The average molecular weight is 261 g/mol. The molecule has 2 rings (SSSR count). The van der Waals surface area contributed by atoms with E-state index < -0.39 is 0 Å². The van der Waals surface area contributed by atoms with Crippen LogP contribution in [0, 0.1) is 6.92 Å². The Bertz CT molecular complexity index is 536. The third-order valence-electron chi connectivity index (χ3n) is 2.52. The van der Waals surface area contributed by atoms with Gasteiger partial charge >= 0.3 is 0 Å². The van der Waals surface area contributed by atoms with Crippen LogP contribution in [-0.4, -0.2) is 10.9 Å². The summed E-state index contributed by atoms with van der Waals surface area (Å²) in [6.07, 6.45) is 0. The molecule has 0 aliphatic rings. The highest BCUT2D eigenvalue weighted by Gasteiger charge is 2.14. The molecular weight excluding hydrogens is 246 g/mol. The second kappa shape index (κ2) is 5.75. The van der Waals surface area contributed by atoms with Crippen molar-refractivity contribution in [1.82, 2.24) is 10.3 Å². The molecule has 1 amide bonds. The van der Waals surface area contributed by atoms with Crippen LogP contribution in [0.15, 0.2) is 30.3 Å². The number of hydrogen-bond donors (Lipinski definition) is 2. The predicted octanol–water partition coefficient (Wildman–Crippen LogP) is 1.84. The molecule has 18 heavy (non-hydrogen) atoms. The van der Waals surface area contributed by atoms with Crippen LogP contribution in [0.1, 0.15) is 25.9 Å². The maximum absolute atomic E-state index is 12.0. The van der Waals surface area contributed by atoms with E-state index in [-0.39, 0.29) is 5.91 Å². The lowest BCUT2D eigenvalue weighted by atomic mass is 10.2. The molecule has 1 aromatic heterocycles. The van der Waals surface area contributed by atoms with E-state index in [0.29, 0.717) is 18.0 Å². The van der Waals surface area contributed by atoms with Crippen molar-refractivity contribution >= 4 is 17.2 Å². The number of aromatic nitrogens is 1. The van der Waals surface area contributed by atoms with Gasteiger partial charge in [0.05, 0.1) is 5.69 Å². The molecule has 0 fully saturated rings. The van der Waals surface area contributed by atoms with Crippen LogP contribution in [0.25, 0.3) is 0 Å². The van der Waals surface area contributed by atoms with Gasteiger partial charge in [-0.1, -0.05) is 30.3 Å². The van der Waals surface area contributed by atoms with Crippen LogP contribution in [0.3, 0.4) is 0 Å². The number of carbonyl (C=O) groups is 1. The number of amides is 1. The molecule has 1 heterocycles. The molecule has 0 atom stereocenters. The summed E-state index contributed by atoms with van der Waals surface area (Å²) in [5.41, 5.74) is 7.33. The second-order valence-corrected chi connectivity index (χ2v) is 4.98. The van der Waals surface area contributed by atoms with Crippen molar-refractivity contribution in [3.63, 3.8) is 0 Å². The van der Waals surface area contributed by atoms with Crippen molar-refractivity contribution < 1.29 is 4.79 Å². The summed E-state index contributed by atoms with van der Waals surface area (Å²) in [4.78, 5) is 16.9. The van der Waals surface area contributed by atoms with Gasteiger partial charge in [-0.2, -0.15) is 0 Å². The Morgan fingerprint density at radius 3 is 2.72 bits per heavy atom. The van der Waals surface area contributed by atoms with Gasteiger partial charge in [0.15, 0.2) is 0 Å². The summed E-state index contributed by atoms with van der Waals surface area (Å²) in [5, 5.41) is 3.67. The molecule has 0 spiro atoms. The van der Waals surface area contributed by atoms with Crippen molar-refractivity contribution in [2.24, 2.45) is 5.73 Å². The predicted molar refractivity (Wildman–Crippen MR) is 72.4 cm³/mol. The Morgan fingerprint density at radius 1 is 1.39 bits per heavy atom. The van der Waals surface area contributed by atoms with Gasteiger partial charge in [0, 0.05) is 13.1 Å². The summed E-state index contributed by atoms with van der Waals surface area (Å²) >= 11 is 1.35. The fourth-order valence-electron chi connectivity index (χ4n) is 1.61. The Morgan fingerprint density at radius 2 is 2.11 bits per heavy atom. The van der Waals surface area contributed by atoms with Gasteiger partial charge in [0.1, 0.15) is 9.88 Å². The monoisotopic (exact) mass is 261 g/mol. The molecule has 94 valence electrons. The smallest absolute Gasteiger partial charge is 0.263 e. The minimum Gasteiger partial charge on any atom is -0.347 e. The molecular formula is C13H15N3OS. The van der Waals surface area contributed by atoms with E-state index in [9.17, 15) is 4.79 Å². The number of benzene rings is 1. The van der Waals surface area contributed by atoms with Crippen LogP contribution >= 0.6 is 11.3 Å². The molecule has 0 aliphatic heterocycles. The van der Waals surface area contributed by atoms with E-state index in [4.69, 9.17) is 5.73 Å². The summed E-state index contributed by atoms with van der Waals surface area (Å²) in [7, 11) is 0. The highest BCUT2D eigenvalue weighted by atomic mass is 32.1. The molecule has 4 nitrogen and oxygen atoms in total. The van der Waals surface area contributed by atoms with Crippen molar-refractivity contribution in [1.29, 1.82) is 0 Å². The highest BCUT2D eigenvalue weighted by molar-refractivity contribution is 7.13. The fraction of sp³-hybridized carbons (Fsp3) is 0.231. The molecule has 0 aliphatic carbocycles. The first-order valence-corrected chi connectivity index (χ1v) is 6.51. The minimum absolute atomic E-state index is 0.0893. The SMILES string of the molecule is Cc1nc(CN)sc1C(=O)NCc1ccccc1. The minimum atomic E-state index is -0.0893. The van der Waals surface area contributed by atoms with Crippen molar-refractivity contribution in [3.05, 3.63) is 51.5 Å². The zero-order valence-corrected chi connectivity index (χ0v) is 11.0. The highest BCUT2D eigenvalue weighted by Crippen LogP contribution is 2.17. The third-order valence-corrected chi connectivity index (χ3v) is 3.70. The number of nitrogens with two attached hydrogens (primary N) is 1. The van der Waals surface area contributed by atoms with Crippen LogP contribution in [0.2, 0.25) is 0 Å². The molecule has 5 heteroatoms. The average Bonchev–Trinajstić information content (AvgIpc) is 2.78. The van der Waals surface area contributed by atoms with E-state index in [1.54, 1.807) is 0 Å². The second-order valence-electron chi connectivity index (χ2n) is 3.89. The van der Waals surface area contributed by atoms with Crippen LogP contribution in [-0.2, 0) is 13.1 Å². The van der Waals surface area contributed by atoms with Gasteiger partial charge in [0.2, 0.25) is 0 Å². The Labute approximate surface area is 110 Å². The summed E-state index contributed by atoms with van der Waals surface area (Å²) < 4.78 is 0. The molecule has 0 radical (unpaired) electrons. The van der Waals surface area contributed by atoms with Crippen LogP contribution in [0.5, 0.6) is 0 Å². The standard InChI is InChI=1S/C13H15N3OS/c1-9-12(18-11(7-14)16-9)13(17)15-8-10-5-3-2-4-6-10/h2-6H,7-8,14H2,1H3,(H,15,17). The number of thiazole rings is 1. The Balaban J connectivity index is 2.01. The largest absolute Gasteiger partial charge is 0.347 e. The molecule has 0 unspecified atom stereocenters. The topological polar surface area (TPSA) is 68.0 Å². The van der Waals surface area contributed by atoms with E-state index in [1.165, 1.54) is 11.3 Å². The summed E-state index contributed by atoms with van der Waals surface area (Å²) in [5.74, 6) is -0.0893. The lowest BCUT2D eigenvalue weighted by Gasteiger charge is -2.03. The first-order chi connectivity index (χ1) is 8.70. The van der Waals surface area contributed by atoms with Crippen molar-refractivity contribution in [3.8, 4) is 0 Å². The normalized spacial score (nSPS) is 10.3. The molecule has 0 saturated heterocycles. The number of rotatable bonds is 4. The Kier molecular flexibility index (Phi) is 4.07. The van der Waals surface area contributed by atoms with Gasteiger partial charge in [-0.25, -0.2) is 4.98 Å². The van der Waals surface area contributed by atoms with Crippen molar-refractivity contribution in [2.45, 2.75) is 20.0 Å². The van der Waals surface area contributed by atoms with Gasteiger partial charge < -0.3 is 11.1 Å². The number of nitrogens with one attached hydrogen (secondary N) is 1. The zero-order chi connectivity index (χ0) is 13.0.